The van der Waals surface area contributed by atoms with Crippen molar-refractivity contribution in [2.75, 3.05) is 5.75 Å². The van der Waals surface area contributed by atoms with Crippen LogP contribution in [0.3, 0.4) is 0 Å². The molecular formula is C21H21FN2O3S. The molecule has 1 unspecified atom stereocenters. The number of Topliss-reactive ketones (excluding diaryl/α,β-unsaturated/α-hetero) is 1. The summed E-state index contributed by atoms with van der Waals surface area (Å²) < 4.78 is 23.8. The van der Waals surface area contributed by atoms with E-state index in [0.29, 0.717) is 22.5 Å². The lowest BCUT2D eigenvalue weighted by atomic mass is 9.97. The third kappa shape index (κ3) is 5.42. The maximum Gasteiger partial charge on any atom is 0.277 e. The second-order valence-electron chi connectivity index (χ2n) is 6.35. The summed E-state index contributed by atoms with van der Waals surface area (Å²) >= 11 is 1.19. The van der Waals surface area contributed by atoms with E-state index in [1.54, 1.807) is 0 Å². The van der Waals surface area contributed by atoms with Crippen molar-refractivity contribution in [3.8, 4) is 5.75 Å². The number of hydrogen-bond acceptors (Lipinski definition) is 6. The quantitative estimate of drug-likeness (QED) is 0.360. The molecular weight excluding hydrogens is 379 g/mol. The Morgan fingerprint density at radius 1 is 1.14 bits per heavy atom. The van der Waals surface area contributed by atoms with Crippen LogP contribution in [0.2, 0.25) is 0 Å². The van der Waals surface area contributed by atoms with Crippen molar-refractivity contribution >= 4 is 17.5 Å². The van der Waals surface area contributed by atoms with Crippen LogP contribution in [-0.2, 0) is 6.61 Å². The van der Waals surface area contributed by atoms with Crippen molar-refractivity contribution in [3.63, 3.8) is 0 Å². The summed E-state index contributed by atoms with van der Waals surface area (Å²) in [7, 11) is 0. The maximum absolute atomic E-state index is 12.9. The van der Waals surface area contributed by atoms with Gasteiger partial charge in [0.05, 0.1) is 5.75 Å². The SMILES string of the molecule is CCC(C)c1ccc(C(=O)CSc2nnc(COc3ccc(F)cc3)o2)cc1. The van der Waals surface area contributed by atoms with Crippen molar-refractivity contribution in [2.45, 2.75) is 38.0 Å². The summed E-state index contributed by atoms with van der Waals surface area (Å²) in [6, 6.07) is 13.4. The van der Waals surface area contributed by atoms with Crippen LogP contribution in [0.25, 0.3) is 0 Å². The highest BCUT2D eigenvalue weighted by Gasteiger charge is 2.12. The van der Waals surface area contributed by atoms with Gasteiger partial charge in [-0.1, -0.05) is 49.9 Å². The molecule has 0 spiro atoms. The first-order valence-corrected chi connectivity index (χ1v) is 10.0. The van der Waals surface area contributed by atoms with Gasteiger partial charge < -0.3 is 9.15 Å². The Hall–Kier alpha value is -2.67. The van der Waals surface area contributed by atoms with Gasteiger partial charge in [0.2, 0.25) is 0 Å². The highest BCUT2D eigenvalue weighted by Crippen LogP contribution is 2.22. The van der Waals surface area contributed by atoms with Gasteiger partial charge in [0.25, 0.3) is 11.1 Å². The van der Waals surface area contributed by atoms with Crippen LogP contribution in [0, 0.1) is 5.82 Å². The molecule has 7 heteroatoms. The van der Waals surface area contributed by atoms with E-state index in [9.17, 15) is 9.18 Å². The molecule has 146 valence electrons. The number of hydrogen-bond donors (Lipinski definition) is 0. The van der Waals surface area contributed by atoms with Crippen LogP contribution in [-0.4, -0.2) is 21.7 Å². The zero-order valence-electron chi connectivity index (χ0n) is 15.7. The van der Waals surface area contributed by atoms with Gasteiger partial charge in [0.15, 0.2) is 12.4 Å². The largest absolute Gasteiger partial charge is 0.484 e. The minimum absolute atomic E-state index is 0.00279. The molecule has 0 bridgehead atoms. The molecule has 3 rings (SSSR count). The smallest absolute Gasteiger partial charge is 0.277 e. The van der Waals surface area contributed by atoms with E-state index >= 15 is 0 Å². The summed E-state index contributed by atoms with van der Waals surface area (Å²) in [6.07, 6.45) is 1.06. The third-order valence-corrected chi connectivity index (χ3v) is 5.18. The number of aromatic nitrogens is 2. The van der Waals surface area contributed by atoms with Gasteiger partial charge in [-0.2, -0.15) is 0 Å². The van der Waals surface area contributed by atoms with E-state index in [4.69, 9.17) is 9.15 Å². The normalized spacial score (nSPS) is 12.0. The second kappa shape index (κ2) is 9.50. The van der Waals surface area contributed by atoms with Crippen LogP contribution < -0.4 is 4.74 Å². The molecule has 0 aliphatic carbocycles. The molecule has 0 aliphatic heterocycles. The molecule has 0 amide bonds. The molecule has 0 saturated heterocycles. The molecule has 28 heavy (non-hydrogen) atoms. The fourth-order valence-electron chi connectivity index (χ4n) is 2.47. The number of ether oxygens (including phenoxy) is 1. The summed E-state index contributed by atoms with van der Waals surface area (Å²) in [5, 5.41) is 8.11. The number of carbonyl (C=O) groups excluding carboxylic acids is 1. The van der Waals surface area contributed by atoms with Crippen LogP contribution in [0.15, 0.2) is 58.2 Å². The van der Waals surface area contributed by atoms with Crippen molar-refractivity contribution in [2.24, 2.45) is 0 Å². The lowest BCUT2D eigenvalue weighted by Gasteiger charge is -2.09. The van der Waals surface area contributed by atoms with E-state index in [-0.39, 0.29) is 29.9 Å². The molecule has 3 aromatic rings. The number of ketones is 1. The minimum atomic E-state index is -0.331. The number of halogens is 1. The summed E-state index contributed by atoms with van der Waals surface area (Å²) in [6.45, 7) is 4.38. The standard InChI is InChI=1S/C21H21FN2O3S/c1-3-14(2)15-4-6-16(7-5-15)19(25)13-28-21-24-23-20(27-21)12-26-18-10-8-17(22)9-11-18/h4-11,14H,3,12-13H2,1-2H3. The van der Waals surface area contributed by atoms with Crippen LogP contribution in [0.5, 0.6) is 5.75 Å². The third-order valence-electron chi connectivity index (χ3n) is 4.37. The summed E-state index contributed by atoms with van der Waals surface area (Å²) in [4.78, 5) is 12.3. The molecule has 1 aromatic heterocycles. The van der Waals surface area contributed by atoms with E-state index in [0.717, 1.165) is 6.42 Å². The van der Waals surface area contributed by atoms with E-state index in [2.05, 4.69) is 24.0 Å². The first kappa shape index (κ1) is 20.1. The Morgan fingerprint density at radius 3 is 2.54 bits per heavy atom. The Bertz CT molecular complexity index is 910. The molecule has 1 heterocycles. The van der Waals surface area contributed by atoms with Gasteiger partial charge in [-0.15, -0.1) is 10.2 Å². The number of benzene rings is 2. The van der Waals surface area contributed by atoms with Gasteiger partial charge >= 0.3 is 0 Å². The fraction of sp³-hybridized carbons (Fsp3) is 0.286. The number of rotatable bonds is 9. The topological polar surface area (TPSA) is 65.2 Å². The lowest BCUT2D eigenvalue weighted by molar-refractivity contribution is 0.102. The van der Waals surface area contributed by atoms with Crippen LogP contribution in [0.1, 0.15) is 48.0 Å². The predicted octanol–water partition coefficient (Wildman–Crippen LogP) is 5.28. The Morgan fingerprint density at radius 2 is 1.86 bits per heavy atom. The predicted molar refractivity (Wildman–Crippen MR) is 105 cm³/mol. The Labute approximate surface area is 167 Å². The van der Waals surface area contributed by atoms with E-state index < -0.39 is 0 Å². The van der Waals surface area contributed by atoms with Crippen molar-refractivity contribution < 1.29 is 18.3 Å². The second-order valence-corrected chi connectivity index (χ2v) is 7.27. The highest BCUT2D eigenvalue weighted by molar-refractivity contribution is 7.99. The maximum atomic E-state index is 12.9. The molecule has 1 atom stereocenters. The Balaban J connectivity index is 1.49. The van der Waals surface area contributed by atoms with Gasteiger partial charge in [-0.25, -0.2) is 4.39 Å². The van der Waals surface area contributed by atoms with Crippen LogP contribution in [0.4, 0.5) is 4.39 Å². The molecule has 0 N–H and O–H groups in total. The molecule has 0 fully saturated rings. The van der Waals surface area contributed by atoms with Crippen molar-refractivity contribution in [1.29, 1.82) is 0 Å². The average molecular weight is 400 g/mol. The molecule has 0 saturated carbocycles. The minimum Gasteiger partial charge on any atom is -0.484 e. The molecule has 2 aromatic carbocycles. The molecule has 0 radical (unpaired) electrons. The first-order valence-electron chi connectivity index (χ1n) is 9.02. The van der Waals surface area contributed by atoms with Gasteiger partial charge in [0, 0.05) is 5.56 Å². The molecule has 5 nitrogen and oxygen atoms in total. The van der Waals surface area contributed by atoms with Crippen molar-refractivity contribution in [3.05, 3.63) is 71.4 Å². The van der Waals surface area contributed by atoms with Gasteiger partial charge in [-0.3, -0.25) is 4.79 Å². The molecule has 0 aliphatic rings. The summed E-state index contributed by atoms with van der Waals surface area (Å²) in [5.74, 6) is 1.16. The van der Waals surface area contributed by atoms with Crippen LogP contribution >= 0.6 is 11.8 Å². The fourth-order valence-corrected chi connectivity index (χ4v) is 3.15. The zero-order chi connectivity index (χ0) is 19.9. The lowest BCUT2D eigenvalue weighted by Crippen LogP contribution is -2.03. The zero-order valence-corrected chi connectivity index (χ0v) is 16.5. The van der Waals surface area contributed by atoms with Gasteiger partial charge in [-0.05, 0) is 42.2 Å². The first-order chi connectivity index (χ1) is 13.5. The van der Waals surface area contributed by atoms with Gasteiger partial charge in [0.1, 0.15) is 11.6 Å². The van der Waals surface area contributed by atoms with E-state index in [1.807, 2.05) is 24.3 Å². The highest BCUT2D eigenvalue weighted by atomic mass is 32.2. The Kier molecular flexibility index (Phi) is 6.81. The number of thioether (sulfide) groups is 1. The average Bonchev–Trinajstić information content (AvgIpc) is 3.19. The van der Waals surface area contributed by atoms with E-state index in [1.165, 1.54) is 41.6 Å². The van der Waals surface area contributed by atoms with Crippen molar-refractivity contribution in [1.82, 2.24) is 10.2 Å². The number of carbonyl (C=O) groups is 1. The number of nitrogens with zero attached hydrogens (tertiary/aromatic N) is 2. The monoisotopic (exact) mass is 400 g/mol. The summed E-state index contributed by atoms with van der Waals surface area (Å²) in [5.41, 5.74) is 1.90.